The van der Waals surface area contributed by atoms with Gasteiger partial charge in [-0.3, -0.25) is 0 Å². The zero-order chi connectivity index (χ0) is 8.91. The molecule has 3 nitrogen and oxygen atoms in total. The Morgan fingerprint density at radius 2 is 2.09 bits per heavy atom. The lowest BCUT2D eigenvalue weighted by molar-refractivity contribution is -0.0111. The third-order valence-electron chi connectivity index (χ3n) is 2.27. The topological polar surface area (TPSA) is 66.5 Å². The zero-order valence-electron chi connectivity index (χ0n) is 7.38. The summed E-state index contributed by atoms with van der Waals surface area (Å²) in [5, 5.41) is 18.5. The summed E-state index contributed by atoms with van der Waals surface area (Å²) in [6.07, 6.45) is 0.881. The molecule has 0 heterocycles. The molecule has 0 aromatic rings. The molecule has 0 aliphatic heterocycles. The lowest BCUT2D eigenvalue weighted by Crippen LogP contribution is -2.37. The summed E-state index contributed by atoms with van der Waals surface area (Å²) in [5.41, 5.74) is 4.95. The Kier molecular flexibility index (Phi) is 4.65. The third kappa shape index (κ3) is 2.77. The molecule has 0 fully saturated rings. The zero-order valence-corrected chi connectivity index (χ0v) is 7.38. The molecule has 0 bridgehead atoms. The molecule has 4 N–H and O–H groups in total. The first kappa shape index (κ1) is 10.9. The van der Waals surface area contributed by atoms with Crippen LogP contribution in [0.25, 0.3) is 0 Å². The first-order valence-electron chi connectivity index (χ1n) is 4.09. The van der Waals surface area contributed by atoms with Gasteiger partial charge in [-0.05, 0) is 19.4 Å². The lowest BCUT2D eigenvalue weighted by atomic mass is 9.80. The van der Waals surface area contributed by atoms with Gasteiger partial charge in [-0.1, -0.05) is 13.8 Å². The number of aliphatic hydroxyl groups excluding tert-OH is 2. The van der Waals surface area contributed by atoms with E-state index >= 15 is 0 Å². The predicted octanol–water partition coefficient (Wildman–Crippen LogP) is 0.105. The monoisotopic (exact) mass is 161 g/mol. The molecule has 0 amide bonds. The minimum atomic E-state index is -0.448. The Balaban J connectivity index is 4.07. The number of rotatable bonds is 5. The van der Waals surface area contributed by atoms with E-state index in [0.717, 1.165) is 0 Å². The van der Waals surface area contributed by atoms with Gasteiger partial charge in [0.15, 0.2) is 0 Å². The van der Waals surface area contributed by atoms with Crippen LogP contribution in [0.3, 0.4) is 0 Å². The van der Waals surface area contributed by atoms with Crippen LogP contribution >= 0.6 is 0 Å². The van der Waals surface area contributed by atoms with Crippen LogP contribution in [0.5, 0.6) is 0 Å². The summed E-state index contributed by atoms with van der Waals surface area (Å²) in [7, 11) is 0. The van der Waals surface area contributed by atoms with E-state index in [4.69, 9.17) is 10.8 Å². The normalized spacial score (nSPS) is 19.4. The summed E-state index contributed by atoms with van der Waals surface area (Å²) < 4.78 is 0. The number of aliphatic hydroxyl groups is 2. The summed E-state index contributed by atoms with van der Waals surface area (Å²) in [6.45, 7) is 4.26. The Labute approximate surface area is 68.2 Å². The van der Waals surface area contributed by atoms with E-state index in [1.54, 1.807) is 0 Å². The van der Waals surface area contributed by atoms with Gasteiger partial charge in [0.2, 0.25) is 0 Å². The van der Waals surface area contributed by atoms with Crippen LogP contribution in [0.15, 0.2) is 0 Å². The second-order valence-electron chi connectivity index (χ2n) is 3.27. The van der Waals surface area contributed by atoms with E-state index in [1.165, 1.54) is 0 Å². The van der Waals surface area contributed by atoms with E-state index in [0.29, 0.717) is 19.4 Å². The van der Waals surface area contributed by atoms with Crippen molar-refractivity contribution in [2.24, 2.45) is 11.1 Å². The van der Waals surface area contributed by atoms with Gasteiger partial charge in [-0.2, -0.15) is 0 Å². The molecule has 0 rings (SSSR count). The van der Waals surface area contributed by atoms with Crippen molar-refractivity contribution in [2.45, 2.75) is 32.8 Å². The molecule has 2 unspecified atom stereocenters. The highest BCUT2D eigenvalue weighted by Crippen LogP contribution is 2.26. The summed E-state index contributed by atoms with van der Waals surface area (Å²) in [6, 6.07) is 0. The SMILES string of the molecule is CCC(O)C(C)(CO)CCN. The van der Waals surface area contributed by atoms with Crippen LogP contribution in [-0.4, -0.2) is 29.5 Å². The Morgan fingerprint density at radius 1 is 1.55 bits per heavy atom. The largest absolute Gasteiger partial charge is 0.396 e. The average molecular weight is 161 g/mol. The number of hydrogen-bond donors (Lipinski definition) is 3. The fraction of sp³-hybridized carbons (Fsp3) is 1.00. The maximum atomic E-state index is 9.49. The Bertz CT molecular complexity index is 108. The minimum absolute atomic E-state index is 0.000787. The molecule has 0 spiro atoms. The van der Waals surface area contributed by atoms with Crippen LogP contribution in [0.4, 0.5) is 0 Å². The van der Waals surface area contributed by atoms with Crippen molar-refractivity contribution in [1.82, 2.24) is 0 Å². The molecule has 0 radical (unpaired) electrons. The van der Waals surface area contributed by atoms with Crippen LogP contribution in [0.1, 0.15) is 26.7 Å². The number of nitrogens with two attached hydrogens (primary N) is 1. The highest BCUT2D eigenvalue weighted by molar-refractivity contribution is 4.80. The van der Waals surface area contributed by atoms with Gasteiger partial charge in [-0.25, -0.2) is 0 Å². The maximum Gasteiger partial charge on any atom is 0.0613 e. The first-order valence-corrected chi connectivity index (χ1v) is 4.09. The van der Waals surface area contributed by atoms with Crippen molar-refractivity contribution in [3.63, 3.8) is 0 Å². The van der Waals surface area contributed by atoms with Gasteiger partial charge in [0.1, 0.15) is 0 Å². The standard InChI is InChI=1S/C8H19NO2/c1-3-7(11)8(2,6-10)4-5-9/h7,10-11H,3-6,9H2,1-2H3. The lowest BCUT2D eigenvalue weighted by Gasteiger charge is -2.31. The average Bonchev–Trinajstić information content (AvgIpc) is 2.03. The first-order chi connectivity index (χ1) is 5.10. The van der Waals surface area contributed by atoms with Crippen molar-refractivity contribution in [3.8, 4) is 0 Å². The quantitative estimate of drug-likeness (QED) is 0.536. The third-order valence-corrected chi connectivity index (χ3v) is 2.27. The van der Waals surface area contributed by atoms with Gasteiger partial charge < -0.3 is 15.9 Å². The van der Waals surface area contributed by atoms with Gasteiger partial charge in [0, 0.05) is 5.41 Å². The summed E-state index contributed by atoms with van der Waals surface area (Å²) in [5.74, 6) is 0. The highest BCUT2D eigenvalue weighted by Gasteiger charge is 2.29. The van der Waals surface area contributed by atoms with Gasteiger partial charge in [0.05, 0.1) is 12.7 Å². The van der Waals surface area contributed by atoms with Crippen molar-refractivity contribution < 1.29 is 10.2 Å². The Morgan fingerprint density at radius 3 is 2.36 bits per heavy atom. The molecule has 0 aliphatic carbocycles. The predicted molar refractivity (Wildman–Crippen MR) is 45.2 cm³/mol. The van der Waals surface area contributed by atoms with E-state index in [-0.39, 0.29) is 6.61 Å². The molecule has 11 heavy (non-hydrogen) atoms. The van der Waals surface area contributed by atoms with Crippen LogP contribution in [-0.2, 0) is 0 Å². The van der Waals surface area contributed by atoms with Gasteiger partial charge in [-0.15, -0.1) is 0 Å². The van der Waals surface area contributed by atoms with Crippen molar-refractivity contribution in [2.75, 3.05) is 13.2 Å². The van der Waals surface area contributed by atoms with Crippen LogP contribution in [0.2, 0.25) is 0 Å². The van der Waals surface area contributed by atoms with E-state index in [2.05, 4.69) is 0 Å². The fourth-order valence-electron chi connectivity index (χ4n) is 1.17. The smallest absolute Gasteiger partial charge is 0.0613 e. The summed E-state index contributed by atoms with van der Waals surface area (Å²) >= 11 is 0. The van der Waals surface area contributed by atoms with Crippen molar-refractivity contribution in [1.29, 1.82) is 0 Å². The summed E-state index contributed by atoms with van der Waals surface area (Å²) in [4.78, 5) is 0. The van der Waals surface area contributed by atoms with Crippen molar-refractivity contribution >= 4 is 0 Å². The van der Waals surface area contributed by atoms with E-state index in [9.17, 15) is 5.11 Å². The van der Waals surface area contributed by atoms with Crippen molar-refractivity contribution in [3.05, 3.63) is 0 Å². The molecule has 0 aliphatic rings. The second-order valence-corrected chi connectivity index (χ2v) is 3.27. The molecule has 3 heteroatoms. The maximum absolute atomic E-state index is 9.49. The van der Waals surface area contributed by atoms with E-state index < -0.39 is 11.5 Å². The Hall–Kier alpha value is -0.120. The van der Waals surface area contributed by atoms with Gasteiger partial charge >= 0.3 is 0 Å². The molecule has 68 valence electrons. The molecular weight excluding hydrogens is 142 g/mol. The van der Waals surface area contributed by atoms with Crippen LogP contribution in [0, 0.1) is 5.41 Å². The van der Waals surface area contributed by atoms with Gasteiger partial charge in [0.25, 0.3) is 0 Å². The molecule has 0 saturated heterocycles. The molecule has 0 aromatic heterocycles. The number of hydrogen-bond acceptors (Lipinski definition) is 3. The molecule has 0 saturated carbocycles. The van der Waals surface area contributed by atoms with Crippen LogP contribution < -0.4 is 5.73 Å². The minimum Gasteiger partial charge on any atom is -0.396 e. The molecule has 0 aromatic carbocycles. The highest BCUT2D eigenvalue weighted by atomic mass is 16.3. The fourth-order valence-corrected chi connectivity index (χ4v) is 1.17. The molecular formula is C8H19NO2. The second kappa shape index (κ2) is 4.70. The molecule has 2 atom stereocenters. The van der Waals surface area contributed by atoms with E-state index in [1.807, 2.05) is 13.8 Å².